The Morgan fingerprint density at radius 1 is 1.33 bits per heavy atom. The number of hydrogen-bond donors (Lipinski definition) is 1. The highest BCUT2D eigenvalue weighted by molar-refractivity contribution is 7.89. The van der Waals surface area contributed by atoms with E-state index in [1.165, 1.54) is 12.1 Å². The average molecular weight is 264 g/mol. The predicted octanol–water partition coefficient (Wildman–Crippen LogP) is 2.17. The topological polar surface area (TPSA) is 70.0 Å². The second-order valence-corrected chi connectivity index (χ2v) is 6.70. The zero-order chi connectivity index (χ0) is 13.2. The molecule has 0 unspecified atom stereocenters. The maximum Gasteiger partial charge on any atom is 0.241 e. The zero-order valence-corrected chi connectivity index (χ0v) is 11.1. The van der Waals surface area contributed by atoms with Crippen molar-refractivity contribution in [3.05, 3.63) is 29.8 Å². The van der Waals surface area contributed by atoms with Gasteiger partial charge in [-0.15, -0.1) is 0 Å². The summed E-state index contributed by atoms with van der Waals surface area (Å²) in [6.45, 7) is 1.94. The van der Waals surface area contributed by atoms with E-state index in [2.05, 4.69) is 4.72 Å². The van der Waals surface area contributed by atoms with Crippen LogP contribution in [0.1, 0.15) is 38.2 Å². The van der Waals surface area contributed by atoms with Crippen molar-refractivity contribution in [3.63, 3.8) is 0 Å². The Kier molecular flexibility index (Phi) is 3.42. The van der Waals surface area contributed by atoms with Crippen molar-refractivity contribution in [2.45, 2.75) is 43.0 Å². The lowest BCUT2D eigenvalue weighted by atomic mass is 10.0. The van der Waals surface area contributed by atoms with Crippen molar-refractivity contribution in [1.82, 2.24) is 4.72 Å². The van der Waals surface area contributed by atoms with Crippen molar-refractivity contribution in [1.29, 1.82) is 5.26 Å². The maximum atomic E-state index is 12.2. The lowest BCUT2D eigenvalue weighted by Crippen LogP contribution is -2.43. The molecule has 4 nitrogen and oxygen atoms in total. The first-order valence-corrected chi connectivity index (χ1v) is 7.48. The lowest BCUT2D eigenvalue weighted by molar-refractivity contribution is 0.427. The van der Waals surface area contributed by atoms with Gasteiger partial charge in [0, 0.05) is 5.54 Å². The minimum Gasteiger partial charge on any atom is -0.207 e. The molecule has 1 aliphatic rings. The van der Waals surface area contributed by atoms with Crippen LogP contribution in [-0.4, -0.2) is 14.0 Å². The number of rotatable bonds is 3. The summed E-state index contributed by atoms with van der Waals surface area (Å²) in [7, 11) is -3.54. The molecule has 0 aromatic heterocycles. The van der Waals surface area contributed by atoms with Crippen LogP contribution >= 0.6 is 0 Å². The molecule has 0 saturated heterocycles. The summed E-state index contributed by atoms with van der Waals surface area (Å²) in [6.07, 6.45) is 3.84. The van der Waals surface area contributed by atoms with Crippen LogP contribution in [0, 0.1) is 11.3 Å². The molecule has 2 rings (SSSR count). The van der Waals surface area contributed by atoms with Crippen LogP contribution in [0.3, 0.4) is 0 Å². The maximum absolute atomic E-state index is 12.2. The van der Waals surface area contributed by atoms with Crippen molar-refractivity contribution < 1.29 is 8.42 Å². The number of benzene rings is 1. The highest BCUT2D eigenvalue weighted by Gasteiger charge is 2.33. The van der Waals surface area contributed by atoms with E-state index in [4.69, 9.17) is 5.26 Å². The summed E-state index contributed by atoms with van der Waals surface area (Å²) in [6, 6.07) is 8.05. The highest BCUT2D eigenvalue weighted by Crippen LogP contribution is 2.30. The van der Waals surface area contributed by atoms with Gasteiger partial charge < -0.3 is 0 Å². The monoisotopic (exact) mass is 264 g/mol. The van der Waals surface area contributed by atoms with Gasteiger partial charge >= 0.3 is 0 Å². The quantitative estimate of drug-likeness (QED) is 0.909. The van der Waals surface area contributed by atoms with Crippen LogP contribution in [-0.2, 0) is 10.0 Å². The Labute approximate surface area is 108 Å². The number of hydrogen-bond acceptors (Lipinski definition) is 3. The standard InChI is InChI=1S/C13H16N2O2S/c1-13(7-2-3-8-13)15-18(16,17)12-6-4-5-11(9-12)10-14/h4-6,9,15H,2-3,7-8H2,1H3. The van der Waals surface area contributed by atoms with Crippen LogP contribution in [0.5, 0.6) is 0 Å². The van der Waals surface area contributed by atoms with E-state index in [9.17, 15) is 8.42 Å². The number of nitriles is 1. The summed E-state index contributed by atoms with van der Waals surface area (Å²) < 4.78 is 27.2. The first-order chi connectivity index (χ1) is 8.45. The van der Waals surface area contributed by atoms with Gasteiger partial charge in [0.25, 0.3) is 0 Å². The molecule has 1 N–H and O–H groups in total. The van der Waals surface area contributed by atoms with Crippen molar-refractivity contribution in [2.75, 3.05) is 0 Å². The van der Waals surface area contributed by atoms with E-state index in [0.29, 0.717) is 5.56 Å². The first-order valence-electron chi connectivity index (χ1n) is 5.99. The van der Waals surface area contributed by atoms with Crippen molar-refractivity contribution >= 4 is 10.0 Å². The smallest absolute Gasteiger partial charge is 0.207 e. The molecule has 0 atom stereocenters. The summed E-state index contributed by atoms with van der Waals surface area (Å²) in [5.41, 5.74) is 0.0102. The third-order valence-electron chi connectivity index (χ3n) is 3.36. The Balaban J connectivity index is 2.28. The molecular weight excluding hydrogens is 248 g/mol. The normalized spacial score (nSPS) is 18.4. The summed E-state index contributed by atoms with van der Waals surface area (Å²) in [4.78, 5) is 0.162. The molecule has 5 heteroatoms. The van der Waals surface area contributed by atoms with Gasteiger partial charge in [-0.1, -0.05) is 18.9 Å². The number of nitrogens with zero attached hydrogens (tertiary/aromatic N) is 1. The Morgan fingerprint density at radius 3 is 2.61 bits per heavy atom. The predicted molar refractivity (Wildman–Crippen MR) is 68.4 cm³/mol. The van der Waals surface area contributed by atoms with Crippen LogP contribution in [0.15, 0.2) is 29.2 Å². The molecule has 0 amide bonds. The molecule has 96 valence electrons. The Hall–Kier alpha value is -1.38. The van der Waals surface area contributed by atoms with Gasteiger partial charge in [-0.05, 0) is 38.0 Å². The number of nitrogens with one attached hydrogen (secondary N) is 1. The van der Waals surface area contributed by atoms with E-state index >= 15 is 0 Å². The van der Waals surface area contributed by atoms with Gasteiger partial charge in [0.1, 0.15) is 0 Å². The van der Waals surface area contributed by atoms with E-state index in [-0.39, 0.29) is 10.4 Å². The van der Waals surface area contributed by atoms with Crippen molar-refractivity contribution in [3.8, 4) is 6.07 Å². The fourth-order valence-electron chi connectivity index (χ4n) is 2.37. The van der Waals surface area contributed by atoms with E-state index in [0.717, 1.165) is 25.7 Å². The second kappa shape index (κ2) is 4.71. The van der Waals surface area contributed by atoms with Gasteiger partial charge in [0.15, 0.2) is 0 Å². The number of sulfonamides is 1. The molecule has 18 heavy (non-hydrogen) atoms. The molecule has 0 spiro atoms. The van der Waals surface area contributed by atoms with Gasteiger partial charge in [0.05, 0.1) is 16.5 Å². The van der Waals surface area contributed by atoms with Crippen LogP contribution < -0.4 is 4.72 Å². The molecule has 0 bridgehead atoms. The fraction of sp³-hybridized carbons (Fsp3) is 0.462. The highest BCUT2D eigenvalue weighted by atomic mass is 32.2. The first kappa shape index (κ1) is 13.1. The molecular formula is C13H16N2O2S. The summed E-state index contributed by atoms with van der Waals surface area (Å²) >= 11 is 0. The average Bonchev–Trinajstić information content (AvgIpc) is 2.75. The molecule has 1 fully saturated rings. The van der Waals surface area contributed by atoms with Gasteiger partial charge in [-0.2, -0.15) is 5.26 Å². The van der Waals surface area contributed by atoms with E-state index in [1.807, 2.05) is 13.0 Å². The molecule has 1 aromatic rings. The van der Waals surface area contributed by atoms with Gasteiger partial charge in [0.2, 0.25) is 10.0 Å². The minimum atomic E-state index is -3.54. The Morgan fingerprint density at radius 2 is 2.00 bits per heavy atom. The Bertz CT molecular complexity index is 581. The molecule has 1 saturated carbocycles. The van der Waals surface area contributed by atoms with Crippen LogP contribution in [0.25, 0.3) is 0 Å². The summed E-state index contributed by atoms with van der Waals surface area (Å²) in [5.74, 6) is 0. The van der Waals surface area contributed by atoms with Crippen LogP contribution in [0.2, 0.25) is 0 Å². The van der Waals surface area contributed by atoms with Crippen LogP contribution in [0.4, 0.5) is 0 Å². The molecule has 0 heterocycles. The van der Waals surface area contributed by atoms with Gasteiger partial charge in [-0.3, -0.25) is 0 Å². The zero-order valence-electron chi connectivity index (χ0n) is 10.3. The summed E-state index contributed by atoms with van der Waals surface area (Å²) in [5, 5.41) is 8.80. The molecule has 1 aliphatic carbocycles. The van der Waals surface area contributed by atoms with E-state index in [1.54, 1.807) is 12.1 Å². The third kappa shape index (κ3) is 2.71. The largest absolute Gasteiger partial charge is 0.241 e. The lowest BCUT2D eigenvalue weighted by Gasteiger charge is -2.24. The van der Waals surface area contributed by atoms with E-state index < -0.39 is 10.0 Å². The molecule has 1 aromatic carbocycles. The third-order valence-corrected chi connectivity index (χ3v) is 5.00. The molecule has 0 aliphatic heterocycles. The van der Waals surface area contributed by atoms with Crippen molar-refractivity contribution in [2.24, 2.45) is 0 Å². The minimum absolute atomic E-state index is 0.162. The van der Waals surface area contributed by atoms with Gasteiger partial charge in [-0.25, -0.2) is 13.1 Å². The second-order valence-electron chi connectivity index (χ2n) is 5.01. The fourth-order valence-corrected chi connectivity index (χ4v) is 3.88. The SMILES string of the molecule is CC1(NS(=O)(=O)c2cccc(C#N)c2)CCCC1. The molecule has 0 radical (unpaired) electrons.